The summed E-state index contributed by atoms with van der Waals surface area (Å²) in [7, 11) is 1.52. The highest BCUT2D eigenvalue weighted by atomic mass is 16.5. The van der Waals surface area contributed by atoms with Crippen molar-refractivity contribution in [2.45, 2.75) is 18.8 Å². The van der Waals surface area contributed by atoms with E-state index >= 15 is 0 Å². The number of pyridine rings is 1. The molecule has 0 bridgehead atoms. The number of carbonyl (C=O) groups excluding carboxylic acids is 2. The second-order valence-electron chi connectivity index (χ2n) is 3.61. The average Bonchev–Trinajstić information content (AvgIpc) is 2.29. The molecule has 2 amide bonds. The van der Waals surface area contributed by atoms with Gasteiger partial charge in [-0.25, -0.2) is 4.98 Å². The maximum absolute atomic E-state index is 11.6. The number of nitrogens with one attached hydrogen (secondary N) is 1. The van der Waals surface area contributed by atoms with Crippen molar-refractivity contribution in [3.8, 4) is 5.88 Å². The van der Waals surface area contributed by atoms with Crippen LogP contribution in [0.1, 0.15) is 24.5 Å². The Morgan fingerprint density at radius 3 is 2.94 bits per heavy atom. The van der Waals surface area contributed by atoms with E-state index in [4.69, 9.17) is 4.74 Å². The fourth-order valence-corrected chi connectivity index (χ4v) is 1.71. The largest absolute Gasteiger partial charge is 0.481 e. The summed E-state index contributed by atoms with van der Waals surface area (Å²) in [5.74, 6) is -0.379. The monoisotopic (exact) mass is 220 g/mol. The number of ether oxygens (including phenoxy) is 1. The van der Waals surface area contributed by atoms with Crippen molar-refractivity contribution < 1.29 is 14.3 Å². The van der Waals surface area contributed by atoms with Gasteiger partial charge in [-0.1, -0.05) is 6.07 Å². The van der Waals surface area contributed by atoms with Gasteiger partial charge in [0.05, 0.1) is 18.7 Å². The van der Waals surface area contributed by atoms with E-state index < -0.39 is 0 Å². The number of nitrogens with zero attached hydrogens (tertiary/aromatic N) is 1. The smallest absolute Gasteiger partial charge is 0.235 e. The SMILES string of the molecule is COc1cccc(C2CCC(=O)NC2=O)n1. The van der Waals surface area contributed by atoms with Crippen LogP contribution in [0.5, 0.6) is 5.88 Å². The minimum absolute atomic E-state index is 0.218. The van der Waals surface area contributed by atoms with Crippen LogP contribution in [0.4, 0.5) is 0 Å². The van der Waals surface area contributed by atoms with Crippen LogP contribution in [0.3, 0.4) is 0 Å². The van der Waals surface area contributed by atoms with Crippen LogP contribution in [0.25, 0.3) is 0 Å². The Bertz CT molecular complexity index is 431. The molecule has 1 aliphatic heterocycles. The Kier molecular flexibility index (Phi) is 2.85. The van der Waals surface area contributed by atoms with E-state index in [-0.39, 0.29) is 17.7 Å². The van der Waals surface area contributed by atoms with Crippen LogP contribution < -0.4 is 10.1 Å². The molecule has 16 heavy (non-hydrogen) atoms. The van der Waals surface area contributed by atoms with Gasteiger partial charge in [0.15, 0.2) is 0 Å². The van der Waals surface area contributed by atoms with E-state index in [2.05, 4.69) is 10.3 Å². The number of aromatic nitrogens is 1. The number of hydrogen-bond donors (Lipinski definition) is 1. The summed E-state index contributed by atoms with van der Waals surface area (Å²) in [5, 5.41) is 2.31. The summed E-state index contributed by atoms with van der Waals surface area (Å²) in [6, 6.07) is 5.27. The van der Waals surface area contributed by atoms with Crippen LogP contribution in [-0.4, -0.2) is 23.9 Å². The molecule has 0 aromatic carbocycles. The third-order valence-corrected chi connectivity index (χ3v) is 2.55. The quantitative estimate of drug-likeness (QED) is 0.741. The Labute approximate surface area is 92.8 Å². The first-order valence-corrected chi connectivity index (χ1v) is 5.05. The van der Waals surface area contributed by atoms with Gasteiger partial charge in [-0.15, -0.1) is 0 Å². The van der Waals surface area contributed by atoms with Gasteiger partial charge in [-0.3, -0.25) is 14.9 Å². The van der Waals surface area contributed by atoms with Gasteiger partial charge in [0.25, 0.3) is 0 Å². The molecule has 2 heterocycles. The number of amides is 2. The molecule has 0 radical (unpaired) electrons. The second kappa shape index (κ2) is 4.30. The molecular weight excluding hydrogens is 208 g/mol. The average molecular weight is 220 g/mol. The van der Waals surface area contributed by atoms with E-state index in [1.54, 1.807) is 18.2 Å². The van der Waals surface area contributed by atoms with Crippen LogP contribution in [0.15, 0.2) is 18.2 Å². The molecule has 0 saturated carbocycles. The molecule has 1 fully saturated rings. The highest BCUT2D eigenvalue weighted by molar-refractivity contribution is 6.00. The first kappa shape index (κ1) is 10.6. The minimum Gasteiger partial charge on any atom is -0.481 e. The Morgan fingerprint density at radius 1 is 1.44 bits per heavy atom. The van der Waals surface area contributed by atoms with Crippen molar-refractivity contribution in [1.29, 1.82) is 0 Å². The number of methoxy groups -OCH3 is 1. The Morgan fingerprint density at radius 2 is 2.25 bits per heavy atom. The third-order valence-electron chi connectivity index (χ3n) is 2.55. The minimum atomic E-state index is -0.354. The second-order valence-corrected chi connectivity index (χ2v) is 3.61. The predicted octanol–water partition coefficient (Wildman–Crippen LogP) is 0.610. The van der Waals surface area contributed by atoms with Crippen molar-refractivity contribution >= 4 is 11.8 Å². The normalized spacial score (nSPS) is 20.4. The molecule has 1 aliphatic rings. The zero-order chi connectivity index (χ0) is 11.5. The van der Waals surface area contributed by atoms with Gasteiger partial charge in [-0.05, 0) is 12.5 Å². The molecule has 1 aromatic rings. The highest BCUT2D eigenvalue weighted by Crippen LogP contribution is 2.24. The summed E-state index contributed by atoms with van der Waals surface area (Å²) >= 11 is 0. The van der Waals surface area contributed by atoms with Crippen molar-refractivity contribution in [1.82, 2.24) is 10.3 Å². The Balaban J connectivity index is 2.23. The van der Waals surface area contributed by atoms with Gasteiger partial charge in [0, 0.05) is 12.5 Å². The molecule has 5 nitrogen and oxygen atoms in total. The van der Waals surface area contributed by atoms with E-state index in [9.17, 15) is 9.59 Å². The van der Waals surface area contributed by atoms with Crippen molar-refractivity contribution in [3.63, 3.8) is 0 Å². The molecule has 2 rings (SSSR count). The lowest BCUT2D eigenvalue weighted by atomic mass is 9.94. The van der Waals surface area contributed by atoms with Gasteiger partial charge in [0.2, 0.25) is 17.7 Å². The number of imide groups is 1. The lowest BCUT2D eigenvalue weighted by molar-refractivity contribution is -0.134. The third kappa shape index (κ3) is 2.03. The summed E-state index contributed by atoms with van der Waals surface area (Å²) in [6.07, 6.45) is 0.861. The zero-order valence-corrected chi connectivity index (χ0v) is 8.90. The van der Waals surface area contributed by atoms with Crippen molar-refractivity contribution in [2.75, 3.05) is 7.11 Å². The van der Waals surface area contributed by atoms with Gasteiger partial charge < -0.3 is 4.74 Å². The highest BCUT2D eigenvalue weighted by Gasteiger charge is 2.28. The molecule has 0 aliphatic carbocycles. The number of hydrogen-bond acceptors (Lipinski definition) is 4. The fourth-order valence-electron chi connectivity index (χ4n) is 1.71. The molecule has 0 spiro atoms. The number of piperidine rings is 1. The van der Waals surface area contributed by atoms with Crippen LogP contribution in [-0.2, 0) is 9.59 Å². The van der Waals surface area contributed by atoms with Crippen molar-refractivity contribution in [3.05, 3.63) is 23.9 Å². The van der Waals surface area contributed by atoms with Gasteiger partial charge in [-0.2, -0.15) is 0 Å². The van der Waals surface area contributed by atoms with Crippen molar-refractivity contribution in [2.24, 2.45) is 0 Å². The molecule has 84 valence electrons. The van der Waals surface area contributed by atoms with E-state index in [1.807, 2.05) is 0 Å². The number of rotatable bonds is 2. The fraction of sp³-hybridized carbons (Fsp3) is 0.364. The first-order chi connectivity index (χ1) is 7.70. The van der Waals surface area contributed by atoms with E-state index in [0.717, 1.165) is 0 Å². The summed E-state index contributed by atoms with van der Waals surface area (Å²) in [4.78, 5) is 26.8. The molecule has 1 N–H and O–H groups in total. The standard InChI is InChI=1S/C11H12N2O3/c1-16-10-4-2-3-8(12-10)7-5-6-9(14)13-11(7)15/h2-4,7H,5-6H2,1H3,(H,13,14,15). The summed E-state index contributed by atoms with van der Waals surface area (Å²) in [6.45, 7) is 0. The maximum Gasteiger partial charge on any atom is 0.235 e. The molecule has 5 heteroatoms. The first-order valence-electron chi connectivity index (χ1n) is 5.05. The van der Waals surface area contributed by atoms with Crippen LogP contribution in [0, 0.1) is 0 Å². The summed E-state index contributed by atoms with van der Waals surface area (Å²) < 4.78 is 4.99. The Hall–Kier alpha value is -1.91. The molecule has 1 atom stereocenters. The lowest BCUT2D eigenvalue weighted by Gasteiger charge is -2.20. The zero-order valence-electron chi connectivity index (χ0n) is 8.90. The van der Waals surface area contributed by atoms with Gasteiger partial charge in [0.1, 0.15) is 0 Å². The molecular formula is C11H12N2O3. The summed E-state index contributed by atoms with van der Waals surface area (Å²) in [5.41, 5.74) is 0.643. The molecule has 1 aromatic heterocycles. The number of carbonyl (C=O) groups is 2. The lowest BCUT2D eigenvalue weighted by Crippen LogP contribution is -2.39. The van der Waals surface area contributed by atoms with Crippen LogP contribution in [0.2, 0.25) is 0 Å². The molecule has 1 unspecified atom stereocenters. The van der Waals surface area contributed by atoms with E-state index in [0.29, 0.717) is 24.4 Å². The van der Waals surface area contributed by atoms with Gasteiger partial charge >= 0.3 is 0 Å². The van der Waals surface area contributed by atoms with Crippen LogP contribution >= 0.6 is 0 Å². The van der Waals surface area contributed by atoms with E-state index in [1.165, 1.54) is 7.11 Å². The predicted molar refractivity (Wildman–Crippen MR) is 55.9 cm³/mol. The molecule has 1 saturated heterocycles. The maximum atomic E-state index is 11.6. The topological polar surface area (TPSA) is 68.3 Å².